The van der Waals surface area contributed by atoms with Gasteiger partial charge >= 0.3 is 5.97 Å². The summed E-state index contributed by atoms with van der Waals surface area (Å²) < 4.78 is 15.2. The van der Waals surface area contributed by atoms with E-state index in [1.54, 1.807) is 30.3 Å². The third-order valence-electron chi connectivity index (χ3n) is 5.69. The van der Waals surface area contributed by atoms with Crippen molar-refractivity contribution in [2.45, 2.75) is 51.4 Å². The Morgan fingerprint density at radius 3 is 2.37 bits per heavy atom. The number of hydrogen-bond donors (Lipinski definition) is 1. The summed E-state index contributed by atoms with van der Waals surface area (Å²) >= 11 is 0. The number of hydrogen-bond acceptors (Lipinski definition) is 2. The summed E-state index contributed by atoms with van der Waals surface area (Å²) in [6, 6.07) is 11.9. The topological polar surface area (TPSA) is 61.1 Å². The van der Waals surface area contributed by atoms with E-state index in [9.17, 15) is 9.90 Å². The zero-order chi connectivity index (χ0) is 19.4. The molecule has 0 radical (unpaired) electrons. The molecule has 1 aliphatic rings. The SMILES string of the molecule is CCCC1CCC(c2ccc(C(=O)O)c(F)c2-c2ccc(C#N)cc2)CC1. The highest BCUT2D eigenvalue weighted by atomic mass is 19.1. The van der Waals surface area contributed by atoms with Crippen LogP contribution in [0.15, 0.2) is 36.4 Å². The standard InChI is InChI=1S/C23H24FNO2/c1-2-3-15-4-8-17(9-5-15)19-12-13-20(23(26)27)22(24)21(19)18-10-6-16(14-25)7-11-18/h6-7,10-13,15,17H,2-5,8-9H2,1H3,(H,26,27). The molecule has 27 heavy (non-hydrogen) atoms. The van der Waals surface area contributed by atoms with Gasteiger partial charge in [-0.15, -0.1) is 0 Å². The van der Waals surface area contributed by atoms with Gasteiger partial charge in [0, 0.05) is 5.56 Å². The molecule has 1 aliphatic carbocycles. The summed E-state index contributed by atoms with van der Waals surface area (Å²) in [7, 11) is 0. The molecule has 3 nitrogen and oxygen atoms in total. The van der Waals surface area contributed by atoms with E-state index in [0.29, 0.717) is 16.7 Å². The van der Waals surface area contributed by atoms with Crippen molar-refractivity contribution in [3.8, 4) is 17.2 Å². The van der Waals surface area contributed by atoms with Crippen LogP contribution in [0.2, 0.25) is 0 Å². The maximum Gasteiger partial charge on any atom is 0.338 e. The van der Waals surface area contributed by atoms with Gasteiger partial charge in [-0.25, -0.2) is 9.18 Å². The van der Waals surface area contributed by atoms with Crippen LogP contribution in [0.25, 0.3) is 11.1 Å². The van der Waals surface area contributed by atoms with Crippen molar-refractivity contribution >= 4 is 5.97 Å². The van der Waals surface area contributed by atoms with E-state index in [2.05, 4.69) is 13.0 Å². The zero-order valence-electron chi connectivity index (χ0n) is 15.5. The summed E-state index contributed by atoms with van der Waals surface area (Å²) in [5, 5.41) is 18.3. The van der Waals surface area contributed by atoms with Crippen LogP contribution in [-0.2, 0) is 0 Å². The second kappa shape index (κ2) is 8.35. The monoisotopic (exact) mass is 365 g/mol. The molecule has 0 bridgehead atoms. The van der Waals surface area contributed by atoms with E-state index < -0.39 is 11.8 Å². The summed E-state index contributed by atoms with van der Waals surface area (Å²) in [5.74, 6) is -0.963. The molecule has 0 atom stereocenters. The molecule has 0 saturated heterocycles. The second-order valence-corrected chi connectivity index (χ2v) is 7.39. The average Bonchev–Trinajstić information content (AvgIpc) is 2.68. The van der Waals surface area contributed by atoms with Gasteiger partial charge in [-0.3, -0.25) is 0 Å². The number of rotatable bonds is 5. The molecule has 2 aromatic carbocycles. The van der Waals surface area contributed by atoms with Gasteiger partial charge in [0.05, 0.1) is 17.2 Å². The first-order chi connectivity index (χ1) is 13.0. The van der Waals surface area contributed by atoms with Gasteiger partial charge in [0.1, 0.15) is 5.82 Å². The lowest BCUT2D eigenvalue weighted by atomic mass is 9.75. The summed E-state index contributed by atoms with van der Waals surface area (Å²) in [6.45, 7) is 2.20. The molecule has 3 rings (SSSR count). The van der Waals surface area contributed by atoms with Gasteiger partial charge in [-0.05, 0) is 66.8 Å². The minimum absolute atomic E-state index is 0.237. The number of carboxylic acid groups (broad SMARTS) is 1. The number of carboxylic acids is 1. The summed E-state index contributed by atoms with van der Waals surface area (Å²) in [6.07, 6.45) is 6.69. The van der Waals surface area contributed by atoms with Gasteiger partial charge in [0.25, 0.3) is 0 Å². The van der Waals surface area contributed by atoms with E-state index >= 15 is 4.39 Å². The average molecular weight is 365 g/mol. The predicted octanol–water partition coefficient (Wildman–Crippen LogP) is 6.14. The van der Waals surface area contributed by atoms with Gasteiger partial charge in [0.15, 0.2) is 0 Å². The minimum Gasteiger partial charge on any atom is -0.478 e. The molecule has 2 aromatic rings. The first kappa shape index (κ1) is 19.1. The van der Waals surface area contributed by atoms with Crippen LogP contribution < -0.4 is 0 Å². The number of halogens is 1. The predicted molar refractivity (Wildman–Crippen MR) is 103 cm³/mol. The van der Waals surface area contributed by atoms with Crippen molar-refractivity contribution < 1.29 is 14.3 Å². The van der Waals surface area contributed by atoms with E-state index in [1.165, 1.54) is 18.9 Å². The fourth-order valence-electron chi connectivity index (χ4n) is 4.27. The van der Waals surface area contributed by atoms with Crippen LogP contribution in [0, 0.1) is 23.1 Å². The molecule has 4 heteroatoms. The molecular weight excluding hydrogens is 341 g/mol. The third-order valence-corrected chi connectivity index (χ3v) is 5.69. The summed E-state index contributed by atoms with van der Waals surface area (Å²) in [4.78, 5) is 11.4. The fraction of sp³-hybridized carbons (Fsp3) is 0.391. The number of carbonyl (C=O) groups is 1. The van der Waals surface area contributed by atoms with Crippen molar-refractivity contribution in [3.05, 3.63) is 58.9 Å². The number of benzene rings is 2. The molecule has 140 valence electrons. The van der Waals surface area contributed by atoms with Gasteiger partial charge in [0.2, 0.25) is 0 Å². The Balaban J connectivity index is 2.02. The third kappa shape index (κ3) is 4.03. The molecular formula is C23H24FNO2. The molecule has 0 unspecified atom stereocenters. The normalized spacial score (nSPS) is 19.4. The van der Waals surface area contributed by atoms with Crippen LogP contribution in [0.3, 0.4) is 0 Å². The van der Waals surface area contributed by atoms with Crippen molar-refractivity contribution in [2.24, 2.45) is 5.92 Å². The van der Waals surface area contributed by atoms with Crippen molar-refractivity contribution in [3.63, 3.8) is 0 Å². The molecule has 1 saturated carbocycles. The Morgan fingerprint density at radius 1 is 1.15 bits per heavy atom. The molecule has 0 aromatic heterocycles. The van der Waals surface area contributed by atoms with Gasteiger partial charge < -0.3 is 5.11 Å². The lowest BCUT2D eigenvalue weighted by Crippen LogP contribution is -2.15. The molecule has 0 aliphatic heterocycles. The maximum atomic E-state index is 15.2. The second-order valence-electron chi connectivity index (χ2n) is 7.39. The van der Waals surface area contributed by atoms with Crippen LogP contribution in [-0.4, -0.2) is 11.1 Å². The van der Waals surface area contributed by atoms with Gasteiger partial charge in [-0.1, -0.05) is 38.0 Å². The number of nitrogens with zero attached hydrogens (tertiary/aromatic N) is 1. The summed E-state index contributed by atoms with van der Waals surface area (Å²) in [5.41, 5.74) is 2.07. The van der Waals surface area contributed by atoms with Crippen LogP contribution in [0.4, 0.5) is 4.39 Å². The number of aromatic carboxylic acids is 1. The zero-order valence-corrected chi connectivity index (χ0v) is 15.5. The van der Waals surface area contributed by atoms with Crippen LogP contribution in [0.1, 0.15) is 72.9 Å². The molecule has 0 spiro atoms. The van der Waals surface area contributed by atoms with Gasteiger partial charge in [-0.2, -0.15) is 5.26 Å². The fourth-order valence-corrected chi connectivity index (χ4v) is 4.27. The Bertz CT molecular complexity index is 859. The minimum atomic E-state index is -1.26. The largest absolute Gasteiger partial charge is 0.478 e. The smallest absolute Gasteiger partial charge is 0.338 e. The highest BCUT2D eigenvalue weighted by Crippen LogP contribution is 2.42. The molecule has 0 heterocycles. The quantitative estimate of drug-likeness (QED) is 0.692. The van der Waals surface area contributed by atoms with Crippen molar-refractivity contribution in [1.29, 1.82) is 5.26 Å². The Hall–Kier alpha value is -2.67. The van der Waals surface area contributed by atoms with Crippen molar-refractivity contribution in [2.75, 3.05) is 0 Å². The maximum absolute atomic E-state index is 15.2. The van der Waals surface area contributed by atoms with E-state index in [4.69, 9.17) is 5.26 Å². The Labute approximate surface area is 159 Å². The lowest BCUT2D eigenvalue weighted by molar-refractivity contribution is 0.0692. The first-order valence-corrected chi connectivity index (χ1v) is 9.61. The first-order valence-electron chi connectivity index (χ1n) is 9.61. The molecule has 0 amide bonds. The lowest BCUT2D eigenvalue weighted by Gasteiger charge is -2.30. The highest BCUT2D eigenvalue weighted by Gasteiger charge is 2.27. The van der Waals surface area contributed by atoms with Crippen molar-refractivity contribution in [1.82, 2.24) is 0 Å². The van der Waals surface area contributed by atoms with E-state index in [0.717, 1.165) is 37.2 Å². The van der Waals surface area contributed by atoms with E-state index in [1.807, 2.05) is 0 Å². The van der Waals surface area contributed by atoms with Crippen LogP contribution in [0.5, 0.6) is 0 Å². The molecule has 1 N–H and O–H groups in total. The number of nitriles is 1. The van der Waals surface area contributed by atoms with E-state index in [-0.39, 0.29) is 11.5 Å². The Kier molecular flexibility index (Phi) is 5.91. The Morgan fingerprint density at radius 2 is 1.81 bits per heavy atom. The highest BCUT2D eigenvalue weighted by molar-refractivity contribution is 5.90. The van der Waals surface area contributed by atoms with Crippen LogP contribution >= 0.6 is 0 Å². The molecule has 1 fully saturated rings.